The van der Waals surface area contributed by atoms with Gasteiger partial charge in [-0.2, -0.15) is 0 Å². The van der Waals surface area contributed by atoms with Crippen LogP contribution in [0.1, 0.15) is 22.5 Å². The van der Waals surface area contributed by atoms with Gasteiger partial charge in [-0.3, -0.25) is 9.69 Å². The Morgan fingerprint density at radius 2 is 2.22 bits per heavy atom. The molecule has 0 radical (unpaired) electrons. The zero-order valence-corrected chi connectivity index (χ0v) is 17.1. The van der Waals surface area contributed by atoms with Gasteiger partial charge in [0.1, 0.15) is 0 Å². The van der Waals surface area contributed by atoms with E-state index in [2.05, 4.69) is 4.98 Å². The molecule has 142 valence electrons. The molecule has 0 aliphatic carbocycles. The second kappa shape index (κ2) is 7.31. The number of hydrogen-bond donors (Lipinski definition) is 0. The van der Waals surface area contributed by atoms with Gasteiger partial charge >= 0.3 is 0 Å². The first-order valence-electron chi connectivity index (χ1n) is 8.49. The van der Waals surface area contributed by atoms with Gasteiger partial charge in [0.05, 0.1) is 32.6 Å². The molecule has 3 aromatic rings. The summed E-state index contributed by atoms with van der Waals surface area (Å²) in [6.45, 7) is 1.15. The number of carbonyl (C=O) groups excluding carboxylic acids is 1. The summed E-state index contributed by atoms with van der Waals surface area (Å²) in [5, 5.41) is 2.43. The van der Waals surface area contributed by atoms with Crippen LogP contribution < -0.4 is 4.90 Å². The molecule has 0 N–H and O–H groups in total. The molecule has 1 atom stereocenters. The monoisotopic (exact) mass is 422 g/mol. The lowest BCUT2D eigenvalue weighted by Gasteiger charge is -2.22. The highest BCUT2D eigenvalue weighted by molar-refractivity contribution is 7.90. The van der Waals surface area contributed by atoms with Crippen molar-refractivity contribution >= 4 is 53.8 Å². The summed E-state index contributed by atoms with van der Waals surface area (Å²) in [6, 6.07) is 8.49. The standard InChI is InChI=1S/C18H18N2O4S3/c1-27(22,23)13-6-7-14-16(10-13)26-18(19-14)20(11-12-4-2-8-24-12)17(21)15-5-3-9-25-15/h3,5-7,9-10,12H,2,4,8,11H2,1H3. The average Bonchev–Trinajstić information content (AvgIpc) is 3.38. The number of amides is 1. The van der Waals surface area contributed by atoms with Gasteiger partial charge in [-0.15, -0.1) is 11.3 Å². The van der Waals surface area contributed by atoms with Crippen LogP contribution in [-0.2, 0) is 14.6 Å². The first-order valence-corrected chi connectivity index (χ1v) is 12.1. The number of benzene rings is 1. The Morgan fingerprint density at radius 1 is 1.37 bits per heavy atom. The highest BCUT2D eigenvalue weighted by Gasteiger charge is 2.27. The third-order valence-corrected chi connectivity index (χ3v) is 7.40. The van der Waals surface area contributed by atoms with E-state index in [4.69, 9.17) is 4.74 Å². The number of fused-ring (bicyclic) bond motifs is 1. The van der Waals surface area contributed by atoms with Crippen molar-refractivity contribution in [3.63, 3.8) is 0 Å². The van der Waals surface area contributed by atoms with Crippen LogP contribution in [0.25, 0.3) is 10.2 Å². The molecule has 9 heteroatoms. The number of aromatic nitrogens is 1. The number of sulfone groups is 1. The summed E-state index contributed by atoms with van der Waals surface area (Å²) in [7, 11) is -3.30. The molecule has 6 nitrogen and oxygen atoms in total. The largest absolute Gasteiger partial charge is 0.376 e. The second-order valence-electron chi connectivity index (χ2n) is 6.43. The quantitative estimate of drug-likeness (QED) is 0.628. The van der Waals surface area contributed by atoms with Gasteiger partial charge in [0.2, 0.25) is 0 Å². The Balaban J connectivity index is 1.73. The fraction of sp³-hybridized carbons (Fsp3) is 0.333. The SMILES string of the molecule is CS(=O)(=O)c1ccc2nc(N(CC3CCCO3)C(=O)c3cccs3)sc2c1. The van der Waals surface area contributed by atoms with Gasteiger partial charge in [0, 0.05) is 12.9 Å². The first kappa shape index (κ1) is 18.5. The van der Waals surface area contributed by atoms with Crippen molar-refractivity contribution in [3.8, 4) is 0 Å². The third kappa shape index (κ3) is 3.91. The van der Waals surface area contributed by atoms with E-state index in [0.29, 0.717) is 28.7 Å². The summed E-state index contributed by atoms with van der Waals surface area (Å²) in [5.41, 5.74) is 0.679. The van der Waals surface area contributed by atoms with Gasteiger partial charge in [-0.25, -0.2) is 13.4 Å². The summed E-state index contributed by atoms with van der Waals surface area (Å²) in [6.07, 6.45) is 3.08. The molecule has 4 rings (SSSR count). The van der Waals surface area contributed by atoms with E-state index in [1.54, 1.807) is 29.2 Å². The molecule has 1 unspecified atom stereocenters. The number of carbonyl (C=O) groups is 1. The molecule has 1 aliphatic heterocycles. The average molecular weight is 423 g/mol. The summed E-state index contributed by atoms with van der Waals surface area (Å²) >= 11 is 2.71. The lowest BCUT2D eigenvalue weighted by molar-refractivity contribution is 0.0920. The summed E-state index contributed by atoms with van der Waals surface area (Å²) in [5.74, 6) is -0.108. The van der Waals surface area contributed by atoms with E-state index < -0.39 is 9.84 Å². The first-order chi connectivity index (χ1) is 12.9. The molecule has 1 fully saturated rings. The van der Waals surface area contributed by atoms with Crippen LogP contribution in [0, 0.1) is 0 Å². The fourth-order valence-electron chi connectivity index (χ4n) is 3.01. The predicted octanol–water partition coefficient (Wildman–Crippen LogP) is 3.59. The Morgan fingerprint density at radius 3 is 2.89 bits per heavy atom. The molecule has 3 heterocycles. The van der Waals surface area contributed by atoms with Crippen LogP contribution >= 0.6 is 22.7 Å². The lowest BCUT2D eigenvalue weighted by Crippen LogP contribution is -2.37. The van der Waals surface area contributed by atoms with Gasteiger partial charge in [-0.1, -0.05) is 17.4 Å². The number of thiophene rings is 1. The minimum Gasteiger partial charge on any atom is -0.376 e. The van der Waals surface area contributed by atoms with Crippen molar-refractivity contribution in [3.05, 3.63) is 40.6 Å². The molecule has 1 aromatic carbocycles. The number of anilines is 1. The minimum absolute atomic E-state index is 0.00694. The van der Waals surface area contributed by atoms with E-state index >= 15 is 0 Å². The molecule has 0 saturated carbocycles. The maximum atomic E-state index is 13.0. The van der Waals surface area contributed by atoms with E-state index in [9.17, 15) is 13.2 Å². The Bertz CT molecular complexity index is 1070. The van der Waals surface area contributed by atoms with Crippen LogP contribution in [0.15, 0.2) is 40.6 Å². The molecule has 0 bridgehead atoms. The van der Waals surface area contributed by atoms with Crippen LogP contribution in [-0.4, -0.2) is 44.8 Å². The van der Waals surface area contributed by atoms with Crippen LogP contribution in [0.4, 0.5) is 5.13 Å². The number of thiazole rings is 1. The van der Waals surface area contributed by atoms with Crippen molar-refractivity contribution in [2.75, 3.05) is 24.3 Å². The normalized spacial score (nSPS) is 17.4. The van der Waals surface area contributed by atoms with Crippen molar-refractivity contribution in [1.82, 2.24) is 4.98 Å². The minimum atomic E-state index is -3.30. The Labute approximate surface area is 165 Å². The zero-order valence-electron chi connectivity index (χ0n) is 14.6. The summed E-state index contributed by atoms with van der Waals surface area (Å²) < 4.78 is 30.1. The summed E-state index contributed by atoms with van der Waals surface area (Å²) in [4.78, 5) is 20.2. The number of nitrogens with zero attached hydrogens (tertiary/aromatic N) is 2. The van der Waals surface area contributed by atoms with E-state index in [1.807, 2.05) is 11.4 Å². The van der Waals surface area contributed by atoms with Gasteiger partial charge in [-0.05, 0) is 42.5 Å². The fourth-order valence-corrected chi connectivity index (χ4v) is 5.42. The lowest BCUT2D eigenvalue weighted by atomic mass is 10.2. The molecule has 1 amide bonds. The van der Waals surface area contributed by atoms with Crippen molar-refractivity contribution in [2.24, 2.45) is 0 Å². The maximum absolute atomic E-state index is 13.0. The van der Waals surface area contributed by atoms with Crippen LogP contribution in [0.5, 0.6) is 0 Å². The highest BCUT2D eigenvalue weighted by atomic mass is 32.2. The maximum Gasteiger partial charge on any atom is 0.270 e. The predicted molar refractivity (Wildman–Crippen MR) is 108 cm³/mol. The number of ether oxygens (including phenoxy) is 1. The highest BCUT2D eigenvalue weighted by Crippen LogP contribution is 2.32. The Kier molecular flexibility index (Phi) is 5.02. The molecular formula is C18H18N2O4S3. The molecule has 1 saturated heterocycles. The van der Waals surface area contributed by atoms with Crippen molar-refractivity contribution in [2.45, 2.75) is 23.8 Å². The second-order valence-corrected chi connectivity index (χ2v) is 10.4. The molecule has 1 aliphatic rings. The van der Waals surface area contributed by atoms with Crippen molar-refractivity contribution in [1.29, 1.82) is 0 Å². The van der Waals surface area contributed by atoms with E-state index in [1.165, 1.54) is 28.9 Å². The number of hydrogen-bond acceptors (Lipinski definition) is 7. The van der Waals surface area contributed by atoms with E-state index in [0.717, 1.165) is 17.5 Å². The zero-order chi connectivity index (χ0) is 19.0. The Hall–Kier alpha value is -1.81. The van der Waals surface area contributed by atoms with Crippen molar-refractivity contribution < 1.29 is 17.9 Å². The van der Waals surface area contributed by atoms with Gasteiger partial charge in [0.15, 0.2) is 15.0 Å². The smallest absolute Gasteiger partial charge is 0.270 e. The number of rotatable bonds is 5. The molecular weight excluding hydrogens is 404 g/mol. The van der Waals surface area contributed by atoms with Gasteiger partial charge in [0.25, 0.3) is 5.91 Å². The van der Waals surface area contributed by atoms with Crippen LogP contribution in [0.3, 0.4) is 0 Å². The van der Waals surface area contributed by atoms with Crippen LogP contribution in [0.2, 0.25) is 0 Å². The van der Waals surface area contributed by atoms with E-state index in [-0.39, 0.29) is 16.9 Å². The third-order valence-electron chi connectivity index (χ3n) is 4.39. The van der Waals surface area contributed by atoms with Gasteiger partial charge < -0.3 is 4.74 Å². The molecule has 2 aromatic heterocycles. The topological polar surface area (TPSA) is 76.6 Å². The molecule has 0 spiro atoms. The molecule has 27 heavy (non-hydrogen) atoms.